The van der Waals surface area contributed by atoms with Gasteiger partial charge in [-0.25, -0.2) is 0 Å². The summed E-state index contributed by atoms with van der Waals surface area (Å²) in [6.07, 6.45) is 6.36. The second-order valence-electron chi connectivity index (χ2n) is 8.64. The number of aliphatic hydroxyl groups excluding tert-OH is 2. The number of allylic oxidation sites excluding steroid dienone is 4. The standard InChI is InChI=1S/C20H26O5/c1-19-6-5-12(22)7-11(19)3-4-13-14-10-25-18(16(24)9-21)20(14,2)8-15(23)17(13)19/h5-7,13-15,17-18,21,23H,3-4,8-10H2,1-2H3/t13?,14?,15-,17?,18?,19-,20?/m0/s1. The van der Waals surface area contributed by atoms with Crippen molar-refractivity contribution < 1.29 is 24.5 Å². The topological polar surface area (TPSA) is 83.8 Å². The van der Waals surface area contributed by atoms with Crippen LogP contribution in [0.15, 0.2) is 23.8 Å². The Balaban J connectivity index is 1.71. The van der Waals surface area contributed by atoms with Crippen LogP contribution >= 0.6 is 0 Å². The first-order chi connectivity index (χ1) is 11.8. The summed E-state index contributed by atoms with van der Waals surface area (Å²) in [6.45, 7) is 4.12. The van der Waals surface area contributed by atoms with Crippen LogP contribution in [0.3, 0.4) is 0 Å². The molecule has 0 aromatic carbocycles. The third-order valence-corrected chi connectivity index (χ3v) is 7.42. The molecule has 3 fully saturated rings. The van der Waals surface area contributed by atoms with Gasteiger partial charge in [0.1, 0.15) is 12.7 Å². The molecule has 5 nitrogen and oxygen atoms in total. The smallest absolute Gasteiger partial charge is 0.187 e. The summed E-state index contributed by atoms with van der Waals surface area (Å²) in [5.74, 6) is 0.192. The highest BCUT2D eigenvalue weighted by Crippen LogP contribution is 2.63. The summed E-state index contributed by atoms with van der Waals surface area (Å²) in [7, 11) is 0. The minimum atomic E-state index is -0.633. The third-order valence-electron chi connectivity index (χ3n) is 7.42. The molecule has 1 saturated heterocycles. The number of fused-ring (bicyclic) bond motifs is 5. The summed E-state index contributed by atoms with van der Waals surface area (Å²) < 4.78 is 5.83. The molecular formula is C20H26O5. The second-order valence-corrected chi connectivity index (χ2v) is 8.64. The first kappa shape index (κ1) is 17.1. The first-order valence-corrected chi connectivity index (χ1v) is 9.19. The van der Waals surface area contributed by atoms with Gasteiger partial charge >= 0.3 is 0 Å². The number of rotatable bonds is 2. The van der Waals surface area contributed by atoms with E-state index in [0.29, 0.717) is 13.0 Å². The summed E-state index contributed by atoms with van der Waals surface area (Å²) in [5, 5.41) is 20.4. The molecule has 0 aromatic heterocycles. The number of ether oxygens (including phenoxy) is 1. The molecule has 3 aliphatic carbocycles. The van der Waals surface area contributed by atoms with Gasteiger partial charge in [-0.1, -0.05) is 25.5 Å². The van der Waals surface area contributed by atoms with Gasteiger partial charge in [0.25, 0.3) is 0 Å². The molecule has 4 aliphatic rings. The molecule has 1 heterocycles. The van der Waals surface area contributed by atoms with E-state index in [2.05, 4.69) is 6.92 Å². The molecule has 2 saturated carbocycles. The minimum Gasteiger partial charge on any atom is -0.393 e. The molecule has 5 unspecified atom stereocenters. The second kappa shape index (κ2) is 5.60. The van der Waals surface area contributed by atoms with Crippen LogP contribution in [-0.4, -0.2) is 47.2 Å². The summed E-state index contributed by atoms with van der Waals surface area (Å²) in [5.41, 5.74) is 0.369. The van der Waals surface area contributed by atoms with Crippen LogP contribution in [0.2, 0.25) is 0 Å². The van der Waals surface area contributed by atoms with E-state index in [4.69, 9.17) is 4.74 Å². The Morgan fingerprint density at radius 3 is 2.88 bits per heavy atom. The van der Waals surface area contributed by atoms with Gasteiger partial charge in [-0.2, -0.15) is 0 Å². The van der Waals surface area contributed by atoms with Gasteiger partial charge in [0, 0.05) is 16.7 Å². The SMILES string of the molecule is CC12C[C@H](O)C3C(CCC4=CC(=O)C=C[C@@]43C)C1COC2C(=O)CO. The van der Waals surface area contributed by atoms with Gasteiger partial charge < -0.3 is 14.9 Å². The maximum atomic E-state index is 12.2. The third kappa shape index (κ3) is 2.25. The van der Waals surface area contributed by atoms with Crippen LogP contribution in [0.5, 0.6) is 0 Å². The van der Waals surface area contributed by atoms with E-state index < -0.39 is 24.2 Å². The summed E-state index contributed by atoms with van der Waals surface area (Å²) in [6, 6.07) is 0. The zero-order valence-electron chi connectivity index (χ0n) is 14.8. The van der Waals surface area contributed by atoms with Gasteiger partial charge in [0.15, 0.2) is 11.6 Å². The molecule has 4 rings (SSSR count). The Kier molecular flexibility index (Phi) is 3.84. The number of carbonyl (C=O) groups is 2. The lowest BCUT2D eigenvalue weighted by Crippen LogP contribution is -2.57. The number of ketones is 2. The highest BCUT2D eigenvalue weighted by Gasteiger charge is 2.63. The molecule has 0 aromatic rings. The van der Waals surface area contributed by atoms with E-state index in [9.17, 15) is 19.8 Å². The molecular weight excluding hydrogens is 320 g/mol. The highest BCUT2D eigenvalue weighted by molar-refractivity contribution is 6.01. The van der Waals surface area contributed by atoms with Gasteiger partial charge in [-0.3, -0.25) is 9.59 Å². The zero-order chi connectivity index (χ0) is 18.0. The Bertz CT molecular complexity index is 680. The number of hydrogen-bond acceptors (Lipinski definition) is 5. The fourth-order valence-electron chi connectivity index (χ4n) is 6.25. The van der Waals surface area contributed by atoms with Crippen LogP contribution in [0, 0.1) is 28.6 Å². The van der Waals surface area contributed by atoms with Gasteiger partial charge in [0.05, 0.1) is 12.7 Å². The maximum absolute atomic E-state index is 12.2. The number of hydrogen-bond donors (Lipinski definition) is 2. The lowest BCUT2D eigenvalue weighted by molar-refractivity contribution is -0.142. The molecule has 2 N–H and O–H groups in total. The van der Waals surface area contributed by atoms with Crippen molar-refractivity contribution in [3.05, 3.63) is 23.8 Å². The van der Waals surface area contributed by atoms with Crippen LogP contribution in [0.25, 0.3) is 0 Å². The van der Waals surface area contributed by atoms with E-state index in [0.717, 1.165) is 18.4 Å². The van der Waals surface area contributed by atoms with E-state index in [1.54, 1.807) is 12.2 Å². The maximum Gasteiger partial charge on any atom is 0.187 e. The average molecular weight is 346 g/mol. The molecule has 0 spiro atoms. The minimum absolute atomic E-state index is 0.0267. The van der Waals surface area contributed by atoms with Crippen molar-refractivity contribution in [3.8, 4) is 0 Å². The van der Waals surface area contributed by atoms with Gasteiger partial charge in [-0.15, -0.1) is 0 Å². The molecule has 7 atom stereocenters. The normalized spacial score (nSPS) is 48.4. The quantitative estimate of drug-likeness (QED) is 0.790. The Labute approximate surface area is 147 Å². The summed E-state index contributed by atoms with van der Waals surface area (Å²) >= 11 is 0. The van der Waals surface area contributed by atoms with Crippen LogP contribution in [0.4, 0.5) is 0 Å². The fraction of sp³-hybridized carbons (Fsp3) is 0.700. The van der Waals surface area contributed by atoms with Crippen LogP contribution in [0.1, 0.15) is 33.1 Å². The van der Waals surface area contributed by atoms with E-state index >= 15 is 0 Å². The van der Waals surface area contributed by atoms with Crippen molar-refractivity contribution in [2.24, 2.45) is 28.6 Å². The van der Waals surface area contributed by atoms with Crippen molar-refractivity contribution >= 4 is 11.6 Å². The van der Waals surface area contributed by atoms with Gasteiger partial charge in [0.2, 0.25) is 0 Å². The predicted octanol–water partition coefficient (Wildman–Crippen LogP) is 1.43. The van der Waals surface area contributed by atoms with Crippen LogP contribution in [-0.2, 0) is 14.3 Å². The largest absolute Gasteiger partial charge is 0.393 e. The highest BCUT2D eigenvalue weighted by atomic mass is 16.5. The number of carbonyl (C=O) groups excluding carboxylic acids is 2. The number of Topliss-reactive ketones (excluding diaryl/α,β-unsaturated/α-hetero) is 1. The lowest BCUT2D eigenvalue weighted by Gasteiger charge is -2.57. The molecule has 136 valence electrons. The molecule has 0 radical (unpaired) electrons. The Hall–Kier alpha value is -1.30. The molecule has 5 heteroatoms. The number of aliphatic hydroxyl groups is 2. The lowest BCUT2D eigenvalue weighted by atomic mass is 9.47. The summed E-state index contributed by atoms with van der Waals surface area (Å²) in [4.78, 5) is 23.9. The van der Waals surface area contributed by atoms with Crippen molar-refractivity contribution in [2.75, 3.05) is 13.2 Å². The molecule has 0 amide bonds. The van der Waals surface area contributed by atoms with Gasteiger partial charge in [-0.05, 0) is 43.3 Å². The predicted molar refractivity (Wildman–Crippen MR) is 90.6 cm³/mol. The Morgan fingerprint density at radius 2 is 2.16 bits per heavy atom. The Morgan fingerprint density at radius 1 is 1.40 bits per heavy atom. The zero-order valence-corrected chi connectivity index (χ0v) is 14.8. The first-order valence-electron chi connectivity index (χ1n) is 9.19. The van der Waals surface area contributed by atoms with Crippen molar-refractivity contribution in [3.63, 3.8) is 0 Å². The average Bonchev–Trinajstić information content (AvgIpc) is 2.91. The van der Waals surface area contributed by atoms with E-state index in [-0.39, 0.29) is 34.7 Å². The molecule has 1 aliphatic heterocycles. The van der Waals surface area contributed by atoms with Crippen molar-refractivity contribution in [1.82, 2.24) is 0 Å². The van der Waals surface area contributed by atoms with Crippen molar-refractivity contribution in [1.29, 1.82) is 0 Å². The van der Waals surface area contributed by atoms with E-state index in [1.165, 1.54) is 0 Å². The fourth-order valence-corrected chi connectivity index (χ4v) is 6.25. The van der Waals surface area contributed by atoms with Crippen LogP contribution < -0.4 is 0 Å². The molecule has 25 heavy (non-hydrogen) atoms. The van der Waals surface area contributed by atoms with Crippen molar-refractivity contribution in [2.45, 2.75) is 45.3 Å². The van der Waals surface area contributed by atoms with E-state index in [1.807, 2.05) is 13.0 Å². The monoisotopic (exact) mass is 346 g/mol. The molecule has 0 bridgehead atoms.